The van der Waals surface area contributed by atoms with Gasteiger partial charge in [0, 0.05) is 48.3 Å². The second-order valence-electron chi connectivity index (χ2n) is 11.6. The minimum absolute atomic E-state index is 0.0226. The molecule has 0 amide bonds. The van der Waals surface area contributed by atoms with E-state index in [1.165, 1.54) is 0 Å². The van der Waals surface area contributed by atoms with Crippen LogP contribution in [0, 0.1) is 34.5 Å². The Morgan fingerprint density at radius 3 is 2.39 bits per heavy atom. The van der Waals surface area contributed by atoms with Crippen LogP contribution in [0.1, 0.15) is 79.6 Å². The summed E-state index contributed by atoms with van der Waals surface area (Å²) in [5.41, 5.74) is -2.17. The molecule has 3 saturated carbocycles. The molecule has 0 aromatic carbocycles. The molecule has 4 aliphatic rings. The zero-order chi connectivity index (χ0) is 26.6. The molecule has 7 nitrogen and oxygen atoms in total. The monoisotopic (exact) mass is 520 g/mol. The van der Waals surface area contributed by atoms with E-state index in [4.69, 9.17) is 21.1 Å². The highest BCUT2D eigenvalue weighted by molar-refractivity contribution is 6.23. The van der Waals surface area contributed by atoms with Crippen LogP contribution in [0.2, 0.25) is 0 Å². The molecule has 0 aromatic rings. The van der Waals surface area contributed by atoms with Crippen molar-refractivity contribution in [1.29, 1.82) is 0 Å². The molecule has 0 heterocycles. The summed E-state index contributed by atoms with van der Waals surface area (Å²) in [6, 6.07) is 0. The van der Waals surface area contributed by atoms with Crippen molar-refractivity contribution in [3.63, 3.8) is 0 Å². The Labute approximate surface area is 217 Å². The third kappa shape index (κ3) is 3.79. The molecule has 0 aliphatic heterocycles. The number of hydrogen-bond acceptors (Lipinski definition) is 7. The quantitative estimate of drug-likeness (QED) is 0.378. The lowest BCUT2D eigenvalue weighted by Gasteiger charge is -2.59. The van der Waals surface area contributed by atoms with Crippen molar-refractivity contribution >= 4 is 40.9 Å². The van der Waals surface area contributed by atoms with Crippen LogP contribution in [0.25, 0.3) is 0 Å². The number of Topliss-reactive ketones (excluding diaryl/α,β-unsaturated/α-hetero) is 2. The summed E-state index contributed by atoms with van der Waals surface area (Å²) in [6.45, 7) is 8.64. The maximum absolute atomic E-state index is 14.0. The molecule has 8 heteroatoms. The molecule has 0 spiro atoms. The maximum Gasteiger partial charge on any atom is 0.306 e. The largest absolute Gasteiger partial charge is 0.457 e. The van der Waals surface area contributed by atoms with E-state index in [2.05, 4.69) is 6.92 Å². The molecular weight excluding hydrogens is 484 g/mol. The molecule has 4 aliphatic carbocycles. The fourth-order valence-electron chi connectivity index (χ4n) is 8.19. The van der Waals surface area contributed by atoms with Crippen molar-refractivity contribution < 1.29 is 33.4 Å². The van der Waals surface area contributed by atoms with Gasteiger partial charge in [-0.15, -0.1) is 11.6 Å². The Hall–Kier alpha value is -2.02. The highest BCUT2D eigenvalue weighted by Crippen LogP contribution is 2.69. The van der Waals surface area contributed by atoms with Crippen molar-refractivity contribution in [3.05, 3.63) is 11.6 Å². The Bertz CT molecular complexity index is 1030. The van der Waals surface area contributed by atoms with Gasteiger partial charge in [-0.1, -0.05) is 34.6 Å². The number of esters is 2. The molecule has 0 N–H and O–H groups in total. The van der Waals surface area contributed by atoms with E-state index in [0.717, 1.165) is 5.57 Å². The van der Waals surface area contributed by atoms with Crippen molar-refractivity contribution in [2.24, 2.45) is 34.5 Å². The molecule has 0 aromatic heterocycles. The first-order valence-corrected chi connectivity index (χ1v) is 13.6. The summed E-state index contributed by atoms with van der Waals surface area (Å²) in [5.74, 6) is -2.30. The van der Waals surface area contributed by atoms with Crippen molar-refractivity contribution in [1.82, 2.24) is 0 Å². The Balaban J connectivity index is 1.78. The molecule has 0 bridgehead atoms. The highest BCUT2D eigenvalue weighted by atomic mass is 35.5. The minimum Gasteiger partial charge on any atom is -0.457 e. The van der Waals surface area contributed by atoms with E-state index in [0.29, 0.717) is 25.7 Å². The first-order valence-electron chi connectivity index (χ1n) is 13.2. The lowest BCUT2D eigenvalue weighted by Crippen LogP contribution is -2.64. The highest BCUT2D eigenvalue weighted by Gasteiger charge is 2.73. The van der Waals surface area contributed by atoms with Crippen LogP contribution < -0.4 is 0 Å². The van der Waals surface area contributed by atoms with Gasteiger partial charge in [0.05, 0.1) is 5.38 Å². The maximum atomic E-state index is 14.0. The van der Waals surface area contributed by atoms with Crippen LogP contribution in [0.4, 0.5) is 0 Å². The van der Waals surface area contributed by atoms with Crippen LogP contribution >= 0.6 is 11.6 Å². The molecule has 0 saturated heterocycles. The van der Waals surface area contributed by atoms with Gasteiger partial charge in [-0.25, -0.2) is 0 Å². The smallest absolute Gasteiger partial charge is 0.306 e. The van der Waals surface area contributed by atoms with Crippen molar-refractivity contribution in [2.75, 3.05) is 6.61 Å². The van der Waals surface area contributed by atoms with Crippen LogP contribution in [0.15, 0.2) is 11.6 Å². The number of carbonyl (C=O) groups excluding carboxylic acids is 5. The first kappa shape index (κ1) is 27.0. The van der Waals surface area contributed by atoms with Gasteiger partial charge in [0.2, 0.25) is 5.78 Å². The SMILES string of the molecule is CCC(=O)OCC(=O)[C@]1(OC(=O)CC)[C@H](C)C[C@H]2[C@@H]3C[C@H](Cl)C4=CC(=O)CC[C@]4(C)[C@H]3C(=O)C[C@@]21C. The number of ketones is 3. The fraction of sp³-hybridized carbons (Fsp3) is 0.750. The molecule has 0 unspecified atom stereocenters. The van der Waals surface area contributed by atoms with Gasteiger partial charge in [-0.05, 0) is 42.7 Å². The Morgan fingerprint density at radius 2 is 1.75 bits per heavy atom. The second-order valence-corrected chi connectivity index (χ2v) is 12.2. The van der Waals surface area contributed by atoms with Gasteiger partial charge < -0.3 is 9.47 Å². The third-order valence-corrected chi connectivity index (χ3v) is 10.2. The van der Waals surface area contributed by atoms with Crippen LogP contribution in [0.3, 0.4) is 0 Å². The number of rotatable bonds is 6. The van der Waals surface area contributed by atoms with E-state index in [9.17, 15) is 24.0 Å². The number of fused-ring (bicyclic) bond motifs is 5. The van der Waals surface area contributed by atoms with Crippen LogP contribution in [-0.2, 0) is 33.4 Å². The van der Waals surface area contributed by atoms with Gasteiger partial charge in [-0.3, -0.25) is 24.0 Å². The molecule has 198 valence electrons. The molecule has 3 fully saturated rings. The van der Waals surface area contributed by atoms with E-state index in [1.807, 2.05) is 13.8 Å². The summed E-state index contributed by atoms with van der Waals surface area (Å²) in [6.07, 6.45) is 4.02. The number of alkyl halides is 1. The van der Waals surface area contributed by atoms with E-state index in [1.54, 1.807) is 19.9 Å². The molecule has 0 radical (unpaired) electrons. The summed E-state index contributed by atoms with van der Waals surface area (Å²) >= 11 is 6.88. The Kier molecular flexibility index (Phi) is 7.04. The Morgan fingerprint density at radius 1 is 1.08 bits per heavy atom. The zero-order valence-electron chi connectivity index (χ0n) is 21.9. The standard InChI is InChI=1S/C28H37ClO7/c1-6-23(33)35-14-22(32)28(36-24(34)7-2)15(3)10-18-17-12-20(29)19-11-16(30)8-9-26(19,4)25(17)21(31)13-27(18,28)5/h11,15,17-18,20,25H,6-10,12-14H2,1-5H3/t15-,17+,18+,20+,25-,26+,27+,28-/m1/s1. The van der Waals surface area contributed by atoms with E-state index < -0.39 is 40.8 Å². The van der Waals surface area contributed by atoms with Gasteiger partial charge in [0.15, 0.2) is 18.0 Å². The molecule has 8 atom stereocenters. The van der Waals surface area contributed by atoms with Crippen molar-refractivity contribution in [3.8, 4) is 0 Å². The van der Waals surface area contributed by atoms with E-state index in [-0.39, 0.29) is 59.9 Å². The van der Waals surface area contributed by atoms with Crippen LogP contribution in [-0.4, -0.2) is 46.9 Å². The normalized spacial score (nSPS) is 41.5. The molecular formula is C28H37ClO7. The minimum atomic E-state index is -1.57. The lowest BCUT2D eigenvalue weighted by molar-refractivity contribution is -0.198. The summed E-state index contributed by atoms with van der Waals surface area (Å²) in [5, 5.41) is -0.375. The molecule has 4 rings (SSSR count). The van der Waals surface area contributed by atoms with Gasteiger partial charge in [0.25, 0.3) is 0 Å². The number of halogens is 1. The average Bonchev–Trinajstić information content (AvgIpc) is 3.05. The second kappa shape index (κ2) is 9.38. The van der Waals surface area contributed by atoms with Crippen LogP contribution in [0.5, 0.6) is 0 Å². The predicted octanol–water partition coefficient (Wildman–Crippen LogP) is 4.37. The van der Waals surface area contributed by atoms with Gasteiger partial charge >= 0.3 is 11.9 Å². The fourth-order valence-corrected chi connectivity index (χ4v) is 8.71. The van der Waals surface area contributed by atoms with Gasteiger partial charge in [-0.2, -0.15) is 0 Å². The summed E-state index contributed by atoms with van der Waals surface area (Å²) in [7, 11) is 0. The predicted molar refractivity (Wildman–Crippen MR) is 132 cm³/mol. The number of hydrogen-bond donors (Lipinski definition) is 0. The lowest BCUT2D eigenvalue weighted by atomic mass is 9.45. The van der Waals surface area contributed by atoms with Crippen molar-refractivity contribution in [2.45, 2.75) is 90.5 Å². The van der Waals surface area contributed by atoms with Gasteiger partial charge in [0.1, 0.15) is 5.78 Å². The number of carbonyl (C=O) groups is 5. The number of allylic oxidation sites excluding steroid dienone is 1. The zero-order valence-corrected chi connectivity index (χ0v) is 22.6. The average molecular weight is 521 g/mol. The summed E-state index contributed by atoms with van der Waals surface area (Å²) in [4.78, 5) is 64.6. The molecule has 36 heavy (non-hydrogen) atoms. The van der Waals surface area contributed by atoms with E-state index >= 15 is 0 Å². The number of ether oxygens (including phenoxy) is 2. The first-order chi connectivity index (χ1) is 16.9. The topological polar surface area (TPSA) is 104 Å². The summed E-state index contributed by atoms with van der Waals surface area (Å²) < 4.78 is 11.2. The third-order valence-electron chi connectivity index (χ3n) is 9.80.